The number of aromatic nitrogens is 1. The topological polar surface area (TPSA) is 50.9 Å². The number of hydrogen-bond donors (Lipinski definition) is 2. The van der Waals surface area contributed by atoms with E-state index >= 15 is 0 Å². The highest BCUT2D eigenvalue weighted by Gasteiger charge is 2.19. The van der Waals surface area contributed by atoms with Crippen LogP contribution in [0.5, 0.6) is 0 Å². The minimum absolute atomic E-state index is 0.0411. The minimum Gasteiger partial charge on any atom is -0.389 e. The van der Waals surface area contributed by atoms with Crippen molar-refractivity contribution in [2.45, 2.75) is 6.92 Å². The Bertz CT molecular complexity index is 708. The average Bonchev–Trinajstić information content (AvgIpc) is 2.41. The molecule has 0 atom stereocenters. The van der Waals surface area contributed by atoms with Crippen LogP contribution in [0.25, 0.3) is 0 Å². The van der Waals surface area contributed by atoms with Crippen LogP contribution in [0, 0.1) is 30.2 Å². The summed E-state index contributed by atoms with van der Waals surface area (Å²) >= 11 is 4.79. The second kappa shape index (κ2) is 5.65. The molecule has 0 aliphatic rings. The zero-order valence-electron chi connectivity index (χ0n) is 10.7. The van der Waals surface area contributed by atoms with Crippen LogP contribution in [0.15, 0.2) is 18.2 Å². The van der Waals surface area contributed by atoms with Crippen LogP contribution in [0.1, 0.15) is 11.3 Å². The van der Waals surface area contributed by atoms with E-state index in [1.54, 1.807) is 13.0 Å². The number of nitrogens with zero attached hydrogens (tertiary/aromatic N) is 1. The lowest BCUT2D eigenvalue weighted by molar-refractivity contribution is 0.459. The third-order valence-electron chi connectivity index (χ3n) is 2.60. The van der Waals surface area contributed by atoms with Crippen LogP contribution in [-0.4, -0.2) is 9.97 Å². The zero-order chi connectivity index (χ0) is 15.7. The Labute approximate surface area is 122 Å². The van der Waals surface area contributed by atoms with Crippen molar-refractivity contribution < 1.29 is 17.6 Å². The van der Waals surface area contributed by atoms with Crippen molar-refractivity contribution in [1.29, 1.82) is 0 Å². The van der Waals surface area contributed by atoms with Gasteiger partial charge in [-0.25, -0.2) is 22.5 Å². The van der Waals surface area contributed by atoms with E-state index in [0.717, 1.165) is 0 Å². The van der Waals surface area contributed by atoms with Crippen LogP contribution in [-0.2, 0) is 0 Å². The highest BCUT2D eigenvalue weighted by atomic mass is 32.1. The van der Waals surface area contributed by atoms with Crippen molar-refractivity contribution in [3.05, 3.63) is 52.7 Å². The number of nitrogens with two attached hydrogens (primary N) is 1. The summed E-state index contributed by atoms with van der Waals surface area (Å²) in [5, 5.41) is 2.20. The first kappa shape index (κ1) is 15.2. The van der Waals surface area contributed by atoms with Gasteiger partial charge >= 0.3 is 0 Å². The van der Waals surface area contributed by atoms with E-state index in [-0.39, 0.29) is 16.9 Å². The van der Waals surface area contributed by atoms with Crippen molar-refractivity contribution >= 4 is 28.7 Å². The second-order valence-corrected chi connectivity index (χ2v) is 4.65. The molecule has 0 fully saturated rings. The SMILES string of the molecule is Cc1cc(C(N)=S)cc(Nc2c(F)c(F)cc(F)c2F)n1. The number of hydrogen-bond acceptors (Lipinski definition) is 3. The fraction of sp³-hybridized carbons (Fsp3) is 0.0769. The third-order valence-corrected chi connectivity index (χ3v) is 2.84. The fourth-order valence-electron chi connectivity index (χ4n) is 1.69. The molecule has 0 aliphatic carbocycles. The predicted octanol–water partition coefficient (Wildman–Crippen LogP) is 3.32. The lowest BCUT2D eigenvalue weighted by atomic mass is 10.2. The molecular formula is C13H9F4N3S. The molecule has 0 bridgehead atoms. The van der Waals surface area contributed by atoms with E-state index in [0.29, 0.717) is 11.3 Å². The van der Waals surface area contributed by atoms with Crippen molar-refractivity contribution in [3.63, 3.8) is 0 Å². The molecule has 0 amide bonds. The molecule has 0 radical (unpaired) electrons. The van der Waals surface area contributed by atoms with Gasteiger partial charge in [0.25, 0.3) is 0 Å². The van der Waals surface area contributed by atoms with Crippen molar-refractivity contribution in [1.82, 2.24) is 4.98 Å². The maximum Gasteiger partial charge on any atom is 0.185 e. The minimum atomic E-state index is -1.55. The van der Waals surface area contributed by atoms with Crippen LogP contribution < -0.4 is 11.1 Å². The van der Waals surface area contributed by atoms with E-state index in [9.17, 15) is 17.6 Å². The number of rotatable bonds is 3. The maximum atomic E-state index is 13.6. The normalized spacial score (nSPS) is 10.5. The monoisotopic (exact) mass is 315 g/mol. The zero-order valence-corrected chi connectivity index (χ0v) is 11.5. The Balaban J connectivity index is 2.50. The Hall–Kier alpha value is -2.22. The highest BCUT2D eigenvalue weighted by Crippen LogP contribution is 2.27. The quantitative estimate of drug-likeness (QED) is 0.518. The number of halogens is 4. The van der Waals surface area contributed by atoms with E-state index < -0.39 is 29.0 Å². The Morgan fingerprint density at radius 1 is 1.10 bits per heavy atom. The molecule has 21 heavy (non-hydrogen) atoms. The molecule has 0 saturated heterocycles. The summed E-state index contributed by atoms with van der Waals surface area (Å²) in [6.45, 7) is 1.60. The van der Waals surface area contributed by atoms with Gasteiger partial charge in [-0.15, -0.1) is 0 Å². The number of nitrogens with one attached hydrogen (secondary N) is 1. The van der Waals surface area contributed by atoms with Crippen LogP contribution >= 0.6 is 12.2 Å². The van der Waals surface area contributed by atoms with E-state index in [2.05, 4.69) is 10.3 Å². The fourth-order valence-corrected chi connectivity index (χ4v) is 1.80. The van der Waals surface area contributed by atoms with Gasteiger partial charge in [0.2, 0.25) is 0 Å². The Morgan fingerprint density at radius 3 is 2.19 bits per heavy atom. The van der Waals surface area contributed by atoms with Gasteiger partial charge < -0.3 is 11.1 Å². The van der Waals surface area contributed by atoms with Gasteiger partial charge in [0.05, 0.1) is 0 Å². The largest absolute Gasteiger partial charge is 0.389 e. The van der Waals surface area contributed by atoms with Gasteiger partial charge in [0.15, 0.2) is 23.3 Å². The second-order valence-electron chi connectivity index (χ2n) is 4.21. The first-order valence-electron chi connectivity index (χ1n) is 5.68. The first-order chi connectivity index (χ1) is 9.79. The first-order valence-corrected chi connectivity index (χ1v) is 6.09. The van der Waals surface area contributed by atoms with Gasteiger partial charge in [-0.1, -0.05) is 12.2 Å². The highest BCUT2D eigenvalue weighted by molar-refractivity contribution is 7.80. The number of thiocarbonyl (C=S) groups is 1. The summed E-state index contributed by atoms with van der Waals surface area (Å²) in [5.74, 6) is -6.17. The molecule has 110 valence electrons. The molecule has 1 heterocycles. The van der Waals surface area contributed by atoms with Crippen molar-refractivity contribution in [3.8, 4) is 0 Å². The molecule has 2 aromatic rings. The summed E-state index contributed by atoms with van der Waals surface area (Å²) in [7, 11) is 0. The summed E-state index contributed by atoms with van der Waals surface area (Å²) in [6, 6.07) is 3.00. The molecule has 8 heteroatoms. The van der Waals surface area contributed by atoms with Gasteiger partial charge in [-0.05, 0) is 19.1 Å². The van der Waals surface area contributed by atoms with E-state index in [4.69, 9.17) is 18.0 Å². The molecule has 1 aromatic carbocycles. The average molecular weight is 315 g/mol. The summed E-state index contributed by atoms with van der Waals surface area (Å²) < 4.78 is 53.4. The van der Waals surface area contributed by atoms with Gasteiger partial charge in [0.1, 0.15) is 16.5 Å². The smallest absolute Gasteiger partial charge is 0.185 e. The van der Waals surface area contributed by atoms with Crippen LogP contribution in [0.2, 0.25) is 0 Å². The maximum absolute atomic E-state index is 13.6. The summed E-state index contributed by atoms with van der Waals surface area (Å²) in [6.07, 6.45) is 0. The molecular weight excluding hydrogens is 306 g/mol. The van der Waals surface area contributed by atoms with Gasteiger partial charge in [0, 0.05) is 17.3 Å². The van der Waals surface area contributed by atoms with Gasteiger partial charge in [-0.3, -0.25) is 0 Å². The summed E-state index contributed by atoms with van der Waals surface area (Å²) in [4.78, 5) is 4.00. The standard InChI is InChI=1S/C13H9F4N3S/c1-5-2-6(13(18)21)3-9(19-5)20-12-10(16)7(14)4-8(15)11(12)17/h2-4H,1H3,(H2,18,21)(H,19,20). The molecule has 0 spiro atoms. The lowest BCUT2D eigenvalue weighted by Crippen LogP contribution is -2.11. The molecule has 0 unspecified atom stereocenters. The van der Waals surface area contributed by atoms with Crippen molar-refractivity contribution in [2.24, 2.45) is 5.73 Å². The number of anilines is 2. The molecule has 3 nitrogen and oxygen atoms in total. The number of aryl methyl sites for hydroxylation is 1. The Kier molecular flexibility index (Phi) is 4.08. The lowest BCUT2D eigenvalue weighted by Gasteiger charge is -2.11. The van der Waals surface area contributed by atoms with E-state index in [1.807, 2.05) is 0 Å². The third kappa shape index (κ3) is 3.10. The Morgan fingerprint density at radius 2 is 1.67 bits per heavy atom. The summed E-state index contributed by atoms with van der Waals surface area (Å²) in [5.41, 5.74) is 5.35. The molecule has 0 aliphatic heterocycles. The molecule has 1 aromatic heterocycles. The number of pyridine rings is 1. The molecule has 0 saturated carbocycles. The van der Waals surface area contributed by atoms with Crippen LogP contribution in [0.4, 0.5) is 29.1 Å². The van der Waals surface area contributed by atoms with E-state index in [1.165, 1.54) is 6.07 Å². The molecule has 2 rings (SSSR count). The van der Waals surface area contributed by atoms with Gasteiger partial charge in [-0.2, -0.15) is 0 Å². The van der Waals surface area contributed by atoms with Crippen molar-refractivity contribution in [2.75, 3.05) is 5.32 Å². The van der Waals surface area contributed by atoms with Crippen LogP contribution in [0.3, 0.4) is 0 Å². The molecule has 3 N–H and O–H groups in total. The predicted molar refractivity (Wildman–Crippen MR) is 74.4 cm³/mol. The number of benzene rings is 1.